The monoisotopic (exact) mass is 322 g/mol. The Kier molecular flexibility index (Phi) is 4.07. The van der Waals surface area contributed by atoms with Crippen LogP contribution in [0.15, 0.2) is 42.7 Å². The van der Waals surface area contributed by atoms with E-state index in [1.54, 1.807) is 0 Å². The van der Waals surface area contributed by atoms with E-state index in [-0.39, 0.29) is 0 Å². The fourth-order valence-electron chi connectivity index (χ4n) is 3.07. The van der Waals surface area contributed by atoms with Crippen LogP contribution in [0, 0.1) is 0 Å². The highest BCUT2D eigenvalue weighted by molar-refractivity contribution is 5.63. The van der Waals surface area contributed by atoms with E-state index >= 15 is 0 Å². The second-order valence-corrected chi connectivity index (χ2v) is 6.19. The zero-order chi connectivity index (χ0) is 16.4. The van der Waals surface area contributed by atoms with E-state index in [4.69, 9.17) is 14.7 Å². The maximum Gasteiger partial charge on any atom is 0.236 e. The number of rotatable bonds is 5. The van der Waals surface area contributed by atoms with Crippen LogP contribution in [0.5, 0.6) is 5.75 Å². The Morgan fingerprint density at radius 1 is 1.04 bits per heavy atom. The van der Waals surface area contributed by atoms with Crippen molar-refractivity contribution >= 4 is 11.6 Å². The minimum Gasteiger partial charge on any atom is -0.494 e. The van der Waals surface area contributed by atoms with Crippen LogP contribution in [-0.2, 0) is 0 Å². The molecule has 124 valence electrons. The average molecular weight is 322 g/mol. The van der Waals surface area contributed by atoms with Crippen molar-refractivity contribution in [3.63, 3.8) is 0 Å². The lowest BCUT2D eigenvalue weighted by Crippen LogP contribution is -2.19. The summed E-state index contributed by atoms with van der Waals surface area (Å²) in [6.45, 7) is 5.04. The van der Waals surface area contributed by atoms with Gasteiger partial charge < -0.3 is 9.64 Å². The van der Waals surface area contributed by atoms with E-state index < -0.39 is 0 Å². The lowest BCUT2D eigenvalue weighted by Gasteiger charge is -2.15. The zero-order valence-electron chi connectivity index (χ0n) is 14.0. The summed E-state index contributed by atoms with van der Waals surface area (Å²) in [4.78, 5) is 11.7. The second-order valence-electron chi connectivity index (χ2n) is 6.19. The summed E-state index contributed by atoms with van der Waals surface area (Å²) < 4.78 is 7.62. The van der Waals surface area contributed by atoms with Gasteiger partial charge in [0.1, 0.15) is 11.6 Å². The summed E-state index contributed by atoms with van der Waals surface area (Å²) in [5.41, 5.74) is 2.01. The van der Waals surface area contributed by atoms with Crippen LogP contribution in [0.4, 0.5) is 5.82 Å². The Bertz CT molecular complexity index is 819. The van der Waals surface area contributed by atoms with Crippen molar-refractivity contribution in [3.8, 4) is 17.0 Å². The molecule has 3 aromatic rings. The van der Waals surface area contributed by atoms with Crippen LogP contribution >= 0.6 is 0 Å². The van der Waals surface area contributed by atoms with Crippen molar-refractivity contribution in [2.45, 2.75) is 26.2 Å². The molecule has 0 radical (unpaired) electrons. The highest BCUT2D eigenvalue weighted by Gasteiger charge is 2.14. The third kappa shape index (κ3) is 2.94. The minimum atomic E-state index is 0.747. The van der Waals surface area contributed by atoms with Gasteiger partial charge in [0.15, 0.2) is 0 Å². The maximum atomic E-state index is 5.63. The Morgan fingerprint density at radius 3 is 2.58 bits per heavy atom. The SMILES string of the molecule is CCCOc1ccc(-c2cn3ccc(N4CCCC4)nc3n2)cc1. The molecule has 5 heteroatoms. The van der Waals surface area contributed by atoms with Crippen molar-refractivity contribution in [2.24, 2.45) is 0 Å². The lowest BCUT2D eigenvalue weighted by atomic mass is 10.2. The van der Waals surface area contributed by atoms with Gasteiger partial charge in [-0.25, -0.2) is 4.98 Å². The Labute approximate surface area is 141 Å². The predicted octanol–water partition coefficient (Wildman–Crippen LogP) is 3.79. The van der Waals surface area contributed by atoms with Crippen molar-refractivity contribution in [1.82, 2.24) is 14.4 Å². The van der Waals surface area contributed by atoms with Gasteiger partial charge in [0.25, 0.3) is 0 Å². The van der Waals surface area contributed by atoms with Gasteiger partial charge in [-0.2, -0.15) is 4.98 Å². The molecule has 4 rings (SSSR count). The molecule has 0 saturated carbocycles. The Hall–Kier alpha value is -2.56. The number of fused-ring (bicyclic) bond motifs is 1. The molecule has 5 nitrogen and oxygen atoms in total. The van der Waals surface area contributed by atoms with Gasteiger partial charge >= 0.3 is 0 Å². The number of anilines is 1. The molecule has 0 spiro atoms. The standard InChI is InChI=1S/C19H22N4O/c1-2-13-24-16-7-5-15(6-8-16)17-14-23-12-9-18(21-19(23)20-17)22-10-3-4-11-22/h5-9,12,14H,2-4,10-11,13H2,1H3. The number of hydrogen-bond acceptors (Lipinski definition) is 4. The molecule has 1 fully saturated rings. The van der Waals surface area contributed by atoms with Crippen LogP contribution in [0.2, 0.25) is 0 Å². The van der Waals surface area contributed by atoms with Gasteiger partial charge in [-0.1, -0.05) is 6.92 Å². The number of hydrogen-bond donors (Lipinski definition) is 0. The molecule has 0 aliphatic carbocycles. The van der Waals surface area contributed by atoms with Crippen molar-refractivity contribution in [2.75, 3.05) is 24.6 Å². The fraction of sp³-hybridized carbons (Fsp3) is 0.368. The van der Waals surface area contributed by atoms with Crippen LogP contribution in [-0.4, -0.2) is 34.1 Å². The van der Waals surface area contributed by atoms with Crippen LogP contribution in [0.25, 0.3) is 17.0 Å². The minimum absolute atomic E-state index is 0.747. The quantitative estimate of drug-likeness (QED) is 0.717. The summed E-state index contributed by atoms with van der Waals surface area (Å²) in [6.07, 6.45) is 7.58. The normalized spacial score (nSPS) is 14.5. The van der Waals surface area contributed by atoms with E-state index in [0.717, 1.165) is 54.7 Å². The maximum absolute atomic E-state index is 5.63. The van der Waals surface area contributed by atoms with E-state index in [1.165, 1.54) is 12.8 Å². The molecular weight excluding hydrogens is 300 g/mol. The van der Waals surface area contributed by atoms with Crippen molar-refractivity contribution < 1.29 is 4.74 Å². The van der Waals surface area contributed by atoms with Gasteiger partial charge in [0.05, 0.1) is 12.3 Å². The predicted molar refractivity (Wildman–Crippen MR) is 95.7 cm³/mol. The average Bonchev–Trinajstić information content (AvgIpc) is 3.29. The van der Waals surface area contributed by atoms with Crippen molar-refractivity contribution in [1.29, 1.82) is 0 Å². The van der Waals surface area contributed by atoms with Crippen LogP contribution in [0.1, 0.15) is 26.2 Å². The summed E-state index contributed by atoms with van der Waals surface area (Å²) in [5.74, 6) is 2.68. The molecule has 2 aromatic heterocycles. The summed E-state index contributed by atoms with van der Waals surface area (Å²) >= 11 is 0. The molecule has 24 heavy (non-hydrogen) atoms. The number of aromatic nitrogens is 3. The topological polar surface area (TPSA) is 42.7 Å². The van der Waals surface area contributed by atoms with Gasteiger partial charge in [-0.15, -0.1) is 0 Å². The summed E-state index contributed by atoms with van der Waals surface area (Å²) in [7, 11) is 0. The highest BCUT2D eigenvalue weighted by atomic mass is 16.5. The van der Waals surface area contributed by atoms with Crippen molar-refractivity contribution in [3.05, 3.63) is 42.7 Å². The van der Waals surface area contributed by atoms with E-state index in [0.29, 0.717) is 0 Å². The fourth-order valence-corrected chi connectivity index (χ4v) is 3.07. The molecule has 0 bridgehead atoms. The Balaban J connectivity index is 1.60. The van der Waals surface area contributed by atoms with Gasteiger partial charge in [-0.05, 0) is 49.6 Å². The second kappa shape index (κ2) is 6.51. The van der Waals surface area contributed by atoms with E-state index in [2.05, 4.69) is 17.9 Å². The first-order valence-corrected chi connectivity index (χ1v) is 8.67. The molecular formula is C19H22N4O. The van der Waals surface area contributed by atoms with E-state index in [9.17, 15) is 0 Å². The number of imidazole rings is 1. The molecule has 1 aromatic carbocycles. The lowest BCUT2D eigenvalue weighted by molar-refractivity contribution is 0.317. The van der Waals surface area contributed by atoms with Crippen LogP contribution in [0.3, 0.4) is 0 Å². The third-order valence-electron chi connectivity index (χ3n) is 4.36. The zero-order valence-corrected chi connectivity index (χ0v) is 14.0. The van der Waals surface area contributed by atoms with Gasteiger partial charge in [0.2, 0.25) is 5.78 Å². The number of benzene rings is 1. The highest BCUT2D eigenvalue weighted by Crippen LogP contribution is 2.23. The first kappa shape index (κ1) is 15.0. The number of nitrogens with zero attached hydrogens (tertiary/aromatic N) is 4. The number of ether oxygens (including phenoxy) is 1. The molecule has 0 unspecified atom stereocenters. The van der Waals surface area contributed by atoms with Gasteiger partial charge in [0, 0.05) is 31.0 Å². The molecule has 1 saturated heterocycles. The van der Waals surface area contributed by atoms with Gasteiger partial charge in [-0.3, -0.25) is 4.40 Å². The smallest absolute Gasteiger partial charge is 0.236 e. The molecule has 0 N–H and O–H groups in total. The Morgan fingerprint density at radius 2 is 1.83 bits per heavy atom. The molecule has 1 aliphatic rings. The molecule has 0 amide bonds. The first-order valence-electron chi connectivity index (χ1n) is 8.67. The largest absolute Gasteiger partial charge is 0.494 e. The van der Waals surface area contributed by atoms with E-state index in [1.807, 2.05) is 41.1 Å². The summed E-state index contributed by atoms with van der Waals surface area (Å²) in [5, 5.41) is 0. The first-order chi connectivity index (χ1) is 11.8. The molecule has 1 aliphatic heterocycles. The molecule has 0 atom stereocenters. The summed E-state index contributed by atoms with van der Waals surface area (Å²) in [6, 6.07) is 10.2. The third-order valence-corrected chi connectivity index (χ3v) is 4.36. The van der Waals surface area contributed by atoms with Crippen LogP contribution < -0.4 is 9.64 Å². The molecule has 3 heterocycles.